The third-order valence-corrected chi connectivity index (χ3v) is 3.65. The summed E-state index contributed by atoms with van der Waals surface area (Å²) in [4.78, 5) is 0. The second-order valence-corrected chi connectivity index (χ2v) is 4.70. The van der Waals surface area contributed by atoms with Gasteiger partial charge >= 0.3 is 0 Å². The van der Waals surface area contributed by atoms with E-state index in [1.165, 1.54) is 36.2 Å². The molecule has 15 heavy (non-hydrogen) atoms. The molecular formula is C14H17N. The SMILES string of the molecule is Cc1c2c(n3c1CCC3)C=CC(C)C=C2. The first-order valence-corrected chi connectivity index (χ1v) is 5.86. The van der Waals surface area contributed by atoms with Crippen LogP contribution in [0.3, 0.4) is 0 Å². The van der Waals surface area contributed by atoms with Gasteiger partial charge in [-0.2, -0.15) is 0 Å². The van der Waals surface area contributed by atoms with E-state index in [2.05, 4.69) is 42.7 Å². The first kappa shape index (κ1) is 9.02. The Morgan fingerprint density at radius 2 is 2.07 bits per heavy atom. The summed E-state index contributed by atoms with van der Waals surface area (Å²) in [5, 5.41) is 0. The van der Waals surface area contributed by atoms with Crippen molar-refractivity contribution in [2.24, 2.45) is 5.92 Å². The average Bonchev–Trinajstić information content (AvgIpc) is 2.71. The van der Waals surface area contributed by atoms with Crippen LogP contribution in [0.5, 0.6) is 0 Å². The Labute approximate surface area is 91.1 Å². The number of hydrogen-bond acceptors (Lipinski definition) is 0. The third-order valence-electron chi connectivity index (χ3n) is 3.65. The van der Waals surface area contributed by atoms with E-state index in [0.717, 1.165) is 0 Å². The summed E-state index contributed by atoms with van der Waals surface area (Å²) >= 11 is 0. The average molecular weight is 199 g/mol. The minimum absolute atomic E-state index is 0.564. The molecule has 1 aromatic heterocycles. The number of fused-ring (bicyclic) bond motifs is 3. The van der Waals surface area contributed by atoms with Crippen LogP contribution in [0.2, 0.25) is 0 Å². The van der Waals surface area contributed by atoms with Crippen molar-refractivity contribution >= 4 is 12.2 Å². The summed E-state index contributed by atoms with van der Waals surface area (Å²) in [7, 11) is 0. The Kier molecular flexibility index (Phi) is 1.88. The first-order chi connectivity index (χ1) is 7.27. The Hall–Kier alpha value is -1.24. The van der Waals surface area contributed by atoms with Gasteiger partial charge in [0.15, 0.2) is 0 Å². The molecule has 78 valence electrons. The minimum atomic E-state index is 0.564. The van der Waals surface area contributed by atoms with Crippen LogP contribution in [0.25, 0.3) is 12.2 Å². The van der Waals surface area contributed by atoms with E-state index in [4.69, 9.17) is 0 Å². The molecule has 0 saturated heterocycles. The molecule has 0 spiro atoms. The molecule has 1 aromatic rings. The van der Waals surface area contributed by atoms with E-state index >= 15 is 0 Å². The maximum atomic E-state index is 2.50. The van der Waals surface area contributed by atoms with E-state index in [9.17, 15) is 0 Å². The summed E-state index contributed by atoms with van der Waals surface area (Å²) in [5.41, 5.74) is 5.94. The second-order valence-electron chi connectivity index (χ2n) is 4.70. The molecule has 2 aliphatic rings. The topological polar surface area (TPSA) is 4.93 Å². The molecule has 1 aliphatic heterocycles. The molecule has 1 unspecified atom stereocenters. The summed E-state index contributed by atoms with van der Waals surface area (Å²) < 4.78 is 2.50. The van der Waals surface area contributed by atoms with Crippen molar-refractivity contribution < 1.29 is 0 Å². The normalized spacial score (nSPS) is 22.7. The Morgan fingerprint density at radius 3 is 2.93 bits per heavy atom. The zero-order valence-electron chi connectivity index (χ0n) is 9.46. The molecule has 2 heterocycles. The van der Waals surface area contributed by atoms with Gasteiger partial charge in [-0.1, -0.05) is 25.2 Å². The Bertz CT molecular complexity index is 460. The highest BCUT2D eigenvalue weighted by Crippen LogP contribution is 2.32. The van der Waals surface area contributed by atoms with Gasteiger partial charge in [0, 0.05) is 23.5 Å². The summed E-state index contributed by atoms with van der Waals surface area (Å²) in [6.45, 7) is 5.71. The lowest BCUT2D eigenvalue weighted by Crippen LogP contribution is -1.95. The molecule has 0 fully saturated rings. The van der Waals surface area contributed by atoms with E-state index in [0.29, 0.717) is 5.92 Å². The third kappa shape index (κ3) is 1.22. The highest BCUT2D eigenvalue weighted by atomic mass is 15.0. The van der Waals surface area contributed by atoms with Crippen molar-refractivity contribution in [1.29, 1.82) is 0 Å². The van der Waals surface area contributed by atoms with Crippen LogP contribution in [0.1, 0.15) is 35.9 Å². The molecule has 1 nitrogen and oxygen atoms in total. The van der Waals surface area contributed by atoms with Crippen LogP contribution in [-0.4, -0.2) is 4.57 Å². The molecule has 0 bridgehead atoms. The maximum Gasteiger partial charge on any atom is 0.0482 e. The molecule has 0 N–H and O–H groups in total. The van der Waals surface area contributed by atoms with Crippen molar-refractivity contribution in [2.75, 3.05) is 0 Å². The Morgan fingerprint density at radius 1 is 1.27 bits per heavy atom. The summed E-state index contributed by atoms with van der Waals surface area (Å²) in [6, 6.07) is 0. The fraction of sp³-hybridized carbons (Fsp3) is 0.429. The number of allylic oxidation sites excluding steroid dienone is 2. The van der Waals surface area contributed by atoms with Crippen molar-refractivity contribution in [2.45, 2.75) is 33.2 Å². The smallest absolute Gasteiger partial charge is 0.0482 e. The van der Waals surface area contributed by atoms with Gasteiger partial charge in [0.25, 0.3) is 0 Å². The molecule has 0 radical (unpaired) electrons. The largest absolute Gasteiger partial charge is 0.344 e. The van der Waals surface area contributed by atoms with E-state index < -0.39 is 0 Å². The molecular weight excluding hydrogens is 182 g/mol. The van der Waals surface area contributed by atoms with Gasteiger partial charge in [-0.3, -0.25) is 0 Å². The van der Waals surface area contributed by atoms with Gasteiger partial charge in [0.05, 0.1) is 0 Å². The molecule has 1 atom stereocenters. The fourth-order valence-electron chi connectivity index (χ4n) is 2.77. The highest BCUT2D eigenvalue weighted by Gasteiger charge is 2.21. The summed E-state index contributed by atoms with van der Waals surface area (Å²) in [5.74, 6) is 0.564. The number of nitrogens with zero attached hydrogens (tertiary/aromatic N) is 1. The predicted molar refractivity (Wildman–Crippen MR) is 64.7 cm³/mol. The van der Waals surface area contributed by atoms with Crippen LogP contribution in [-0.2, 0) is 13.0 Å². The minimum Gasteiger partial charge on any atom is -0.344 e. The summed E-state index contributed by atoms with van der Waals surface area (Å²) in [6.07, 6.45) is 11.8. The van der Waals surface area contributed by atoms with Gasteiger partial charge in [-0.15, -0.1) is 0 Å². The number of rotatable bonds is 0. The van der Waals surface area contributed by atoms with Crippen LogP contribution in [0.15, 0.2) is 12.2 Å². The van der Waals surface area contributed by atoms with Gasteiger partial charge in [-0.05, 0) is 37.3 Å². The van der Waals surface area contributed by atoms with E-state index in [-0.39, 0.29) is 0 Å². The predicted octanol–water partition coefficient (Wildman–Crippen LogP) is 3.42. The molecule has 1 heteroatoms. The maximum absolute atomic E-state index is 2.50. The monoisotopic (exact) mass is 199 g/mol. The molecule has 3 rings (SSSR count). The standard InChI is InChI=1S/C14H17N/c1-10-5-7-12-11(2)13-4-3-9-15(13)14(12)8-6-10/h5-8,10H,3-4,9H2,1-2H3. The zero-order chi connectivity index (χ0) is 10.4. The lowest BCUT2D eigenvalue weighted by molar-refractivity contribution is 0.743. The van der Waals surface area contributed by atoms with Crippen molar-refractivity contribution in [3.8, 4) is 0 Å². The van der Waals surface area contributed by atoms with Crippen LogP contribution < -0.4 is 0 Å². The van der Waals surface area contributed by atoms with Crippen molar-refractivity contribution in [3.63, 3.8) is 0 Å². The highest BCUT2D eigenvalue weighted by molar-refractivity contribution is 5.70. The van der Waals surface area contributed by atoms with Crippen LogP contribution >= 0.6 is 0 Å². The lowest BCUT2D eigenvalue weighted by atomic mass is 10.1. The van der Waals surface area contributed by atoms with Crippen LogP contribution in [0, 0.1) is 12.8 Å². The second kappa shape index (κ2) is 3.13. The van der Waals surface area contributed by atoms with Gasteiger partial charge < -0.3 is 4.57 Å². The molecule has 1 aliphatic carbocycles. The molecule has 0 saturated carbocycles. The van der Waals surface area contributed by atoms with Gasteiger partial charge in [0.2, 0.25) is 0 Å². The first-order valence-electron chi connectivity index (χ1n) is 5.86. The van der Waals surface area contributed by atoms with Crippen molar-refractivity contribution in [3.05, 3.63) is 34.7 Å². The lowest BCUT2D eigenvalue weighted by Gasteiger charge is -2.01. The fourth-order valence-corrected chi connectivity index (χ4v) is 2.77. The van der Waals surface area contributed by atoms with Crippen molar-refractivity contribution in [1.82, 2.24) is 4.57 Å². The van der Waals surface area contributed by atoms with Gasteiger partial charge in [-0.25, -0.2) is 0 Å². The van der Waals surface area contributed by atoms with Crippen LogP contribution in [0.4, 0.5) is 0 Å². The van der Waals surface area contributed by atoms with Gasteiger partial charge in [0.1, 0.15) is 0 Å². The number of hydrogen-bond donors (Lipinski definition) is 0. The Balaban J connectivity index is 2.24. The number of aromatic nitrogens is 1. The van der Waals surface area contributed by atoms with E-state index in [1.807, 2.05) is 0 Å². The zero-order valence-corrected chi connectivity index (χ0v) is 9.46. The van der Waals surface area contributed by atoms with E-state index in [1.54, 1.807) is 5.69 Å². The molecule has 0 amide bonds. The quantitative estimate of drug-likeness (QED) is 0.603. The molecule has 0 aromatic carbocycles.